The number of hydrogen-bond acceptors (Lipinski definition) is 6. The summed E-state index contributed by atoms with van der Waals surface area (Å²) in [6, 6.07) is 13.8. The zero-order valence-corrected chi connectivity index (χ0v) is 13.1. The van der Waals surface area contributed by atoms with Crippen LogP contribution in [-0.4, -0.2) is 18.3 Å². The van der Waals surface area contributed by atoms with Gasteiger partial charge in [-0.15, -0.1) is 0 Å². The van der Waals surface area contributed by atoms with Gasteiger partial charge in [0, 0.05) is 22.8 Å². The molecule has 0 saturated carbocycles. The number of halogens is 1. The van der Waals surface area contributed by atoms with E-state index in [-0.39, 0.29) is 5.75 Å². The van der Waals surface area contributed by atoms with E-state index < -0.39 is 30.3 Å². The van der Waals surface area contributed by atoms with Crippen LogP contribution in [0, 0.1) is 20.2 Å². The molecular weight excluding hydrogens is 348 g/mol. The van der Waals surface area contributed by atoms with Gasteiger partial charge in [0.2, 0.25) is 9.05 Å². The summed E-state index contributed by atoms with van der Waals surface area (Å²) in [6.07, 6.45) is 0. The molecule has 8 nitrogen and oxygen atoms in total. The third kappa shape index (κ3) is 6.85. The van der Waals surface area contributed by atoms with Crippen LogP contribution in [0.5, 0.6) is 0 Å². The molecule has 0 fully saturated rings. The lowest BCUT2D eigenvalue weighted by molar-refractivity contribution is -0.422. The van der Waals surface area contributed by atoms with Gasteiger partial charge in [-0.05, 0) is 5.56 Å². The molecule has 0 atom stereocenters. The molecule has 0 bridgehead atoms. The van der Waals surface area contributed by atoms with Crippen LogP contribution in [0.15, 0.2) is 54.6 Å². The van der Waals surface area contributed by atoms with Crippen LogP contribution < -0.4 is 0 Å². The maximum atomic E-state index is 10.6. The first kappa shape index (κ1) is 18.5. The Bertz CT molecular complexity index is 762. The van der Waals surface area contributed by atoms with E-state index in [1.54, 1.807) is 24.3 Å². The molecule has 2 rings (SSSR count). The second-order valence-corrected chi connectivity index (χ2v) is 6.95. The molecule has 23 heavy (non-hydrogen) atoms. The monoisotopic (exact) mass is 358 g/mol. The molecule has 0 saturated heterocycles. The van der Waals surface area contributed by atoms with Crippen molar-refractivity contribution in [3.05, 3.63) is 80.4 Å². The molecule has 122 valence electrons. The van der Waals surface area contributed by atoms with Gasteiger partial charge in [-0.1, -0.05) is 42.5 Å². The lowest BCUT2D eigenvalue weighted by atomic mass is 10.2. The molecule has 0 radical (unpaired) electrons. The first-order chi connectivity index (χ1) is 10.7. The molecule has 0 aromatic heterocycles. The van der Waals surface area contributed by atoms with Crippen molar-refractivity contribution in [1.82, 2.24) is 0 Å². The number of nitro benzene ring substituents is 2. The molecule has 0 N–H and O–H groups in total. The fourth-order valence-corrected chi connectivity index (χ4v) is 2.51. The van der Waals surface area contributed by atoms with E-state index in [2.05, 4.69) is 0 Å². The molecule has 0 aliphatic rings. The lowest BCUT2D eigenvalue weighted by Gasteiger charge is -1.94. The van der Waals surface area contributed by atoms with E-state index in [1.807, 2.05) is 6.07 Å². The maximum Gasteiger partial charge on any atom is 0.346 e. The third-order valence-electron chi connectivity index (χ3n) is 2.46. The zero-order valence-electron chi connectivity index (χ0n) is 11.5. The van der Waals surface area contributed by atoms with Crippen molar-refractivity contribution >= 4 is 31.1 Å². The predicted molar refractivity (Wildman–Crippen MR) is 84.7 cm³/mol. The van der Waals surface area contributed by atoms with Crippen molar-refractivity contribution in [2.45, 2.75) is 5.75 Å². The van der Waals surface area contributed by atoms with Gasteiger partial charge in [0.25, 0.3) is 0 Å². The Morgan fingerprint density at radius 3 is 1.57 bits per heavy atom. The van der Waals surface area contributed by atoms with Gasteiger partial charge < -0.3 is 0 Å². The second-order valence-electron chi connectivity index (χ2n) is 4.17. The number of hydrogen-bond donors (Lipinski definition) is 0. The average Bonchev–Trinajstić information content (AvgIpc) is 2.47. The molecule has 2 aromatic carbocycles. The highest BCUT2D eigenvalue weighted by Gasteiger charge is 2.21. The normalized spacial score (nSPS) is 10.3. The molecular formula is C13H11ClN2O6S. The van der Waals surface area contributed by atoms with Crippen molar-refractivity contribution in [3.63, 3.8) is 0 Å². The van der Waals surface area contributed by atoms with E-state index in [0.717, 1.165) is 12.1 Å². The molecule has 0 aliphatic carbocycles. The second kappa shape index (κ2) is 8.20. The van der Waals surface area contributed by atoms with Crippen molar-refractivity contribution < 1.29 is 18.3 Å². The van der Waals surface area contributed by atoms with Crippen molar-refractivity contribution in [2.75, 3.05) is 0 Å². The van der Waals surface area contributed by atoms with E-state index >= 15 is 0 Å². The predicted octanol–water partition coefficient (Wildman–Crippen LogP) is 3.26. The van der Waals surface area contributed by atoms with Gasteiger partial charge in [0.15, 0.2) is 0 Å². The van der Waals surface area contributed by atoms with Crippen LogP contribution >= 0.6 is 10.7 Å². The minimum Gasteiger partial charge on any atom is -0.258 e. The van der Waals surface area contributed by atoms with Crippen LogP contribution in [0.25, 0.3) is 0 Å². The average molecular weight is 359 g/mol. The third-order valence-corrected chi connectivity index (χ3v) is 3.46. The Balaban J connectivity index is 0.000000231. The number of rotatable bonds is 4. The van der Waals surface area contributed by atoms with Crippen molar-refractivity contribution in [3.8, 4) is 0 Å². The van der Waals surface area contributed by atoms with E-state index in [1.165, 1.54) is 12.1 Å². The Morgan fingerprint density at radius 1 is 0.826 bits per heavy atom. The minimum atomic E-state index is -3.40. The smallest absolute Gasteiger partial charge is 0.258 e. The molecule has 2 aromatic rings. The summed E-state index contributed by atoms with van der Waals surface area (Å²) >= 11 is 0. The summed E-state index contributed by atoms with van der Waals surface area (Å²) in [5.74, 6) is -0.102. The lowest BCUT2D eigenvalue weighted by Crippen LogP contribution is -1.95. The molecule has 0 amide bonds. The van der Waals surface area contributed by atoms with Gasteiger partial charge in [0.1, 0.15) is 0 Å². The molecule has 0 heterocycles. The summed E-state index contributed by atoms with van der Waals surface area (Å²) in [6.45, 7) is 0. The number of nitrogens with zero attached hydrogens (tertiary/aromatic N) is 2. The molecule has 0 spiro atoms. The van der Waals surface area contributed by atoms with Crippen molar-refractivity contribution in [1.29, 1.82) is 0 Å². The van der Waals surface area contributed by atoms with E-state index in [0.29, 0.717) is 5.56 Å². The number of benzene rings is 2. The summed E-state index contributed by atoms with van der Waals surface area (Å²) in [5, 5.41) is 20.5. The van der Waals surface area contributed by atoms with E-state index in [9.17, 15) is 28.6 Å². The summed E-state index contributed by atoms with van der Waals surface area (Å²) in [4.78, 5) is 18.9. The Morgan fingerprint density at radius 2 is 1.22 bits per heavy atom. The highest BCUT2D eigenvalue weighted by Crippen LogP contribution is 2.24. The van der Waals surface area contributed by atoms with Gasteiger partial charge >= 0.3 is 11.4 Å². The van der Waals surface area contributed by atoms with Crippen LogP contribution in [0.4, 0.5) is 11.4 Å². The van der Waals surface area contributed by atoms with E-state index in [4.69, 9.17) is 10.7 Å². The Labute approximate surface area is 136 Å². The van der Waals surface area contributed by atoms with Crippen LogP contribution in [0.3, 0.4) is 0 Å². The summed E-state index contributed by atoms with van der Waals surface area (Å²) in [7, 11) is 1.63. The largest absolute Gasteiger partial charge is 0.346 e. The SMILES string of the molecule is O=S(=O)(Cl)Cc1ccccc1.O=[N+]([O-])c1ccccc1[N+](=O)[O-]. The Kier molecular flexibility index (Phi) is 6.61. The van der Waals surface area contributed by atoms with Crippen LogP contribution in [0.2, 0.25) is 0 Å². The van der Waals surface area contributed by atoms with Crippen LogP contribution in [0.1, 0.15) is 5.56 Å². The topological polar surface area (TPSA) is 120 Å². The fourth-order valence-electron chi connectivity index (χ4n) is 1.55. The van der Waals surface area contributed by atoms with Gasteiger partial charge in [-0.25, -0.2) is 8.42 Å². The first-order valence-electron chi connectivity index (χ1n) is 6.05. The molecule has 0 unspecified atom stereocenters. The van der Waals surface area contributed by atoms with Gasteiger partial charge in [0.05, 0.1) is 15.6 Å². The number of para-hydroxylation sites is 2. The Hall–Kier alpha value is -2.52. The highest BCUT2D eigenvalue weighted by atomic mass is 35.7. The summed E-state index contributed by atoms with van der Waals surface area (Å²) < 4.78 is 21.1. The maximum absolute atomic E-state index is 10.6. The molecule has 0 aliphatic heterocycles. The van der Waals surface area contributed by atoms with Crippen LogP contribution in [-0.2, 0) is 14.8 Å². The van der Waals surface area contributed by atoms with Gasteiger partial charge in [-0.2, -0.15) is 0 Å². The minimum absolute atomic E-state index is 0.102. The quantitative estimate of drug-likeness (QED) is 0.469. The van der Waals surface area contributed by atoms with Crippen molar-refractivity contribution in [2.24, 2.45) is 0 Å². The first-order valence-corrected chi connectivity index (χ1v) is 8.52. The fraction of sp³-hybridized carbons (Fsp3) is 0.0769. The highest BCUT2D eigenvalue weighted by molar-refractivity contribution is 8.13. The zero-order chi connectivity index (χ0) is 17.5. The molecule has 10 heteroatoms. The standard InChI is InChI=1S/C7H7ClO2S.C6H4N2O4/c8-11(9,10)6-7-4-2-1-3-5-7;9-7(10)5-3-1-2-4-6(5)8(11)12/h1-5H,6H2;1-4H. The number of nitro groups is 2. The summed E-state index contributed by atoms with van der Waals surface area (Å²) in [5.41, 5.74) is -0.257. The van der Waals surface area contributed by atoms with Gasteiger partial charge in [-0.3, -0.25) is 20.2 Å².